The van der Waals surface area contributed by atoms with E-state index in [1.54, 1.807) is 24.3 Å². The fourth-order valence-corrected chi connectivity index (χ4v) is 2.05. The highest BCUT2D eigenvalue weighted by molar-refractivity contribution is 6.31. The lowest BCUT2D eigenvalue weighted by atomic mass is 10.1. The van der Waals surface area contributed by atoms with E-state index in [0.29, 0.717) is 16.8 Å². The number of ether oxygens (including phenoxy) is 1. The average molecular weight is 379 g/mol. The van der Waals surface area contributed by atoms with Gasteiger partial charge in [-0.25, -0.2) is 9.18 Å². The number of nitrogens with one attached hydrogen (secondary N) is 1. The van der Waals surface area contributed by atoms with Gasteiger partial charge in [-0.05, 0) is 42.8 Å². The van der Waals surface area contributed by atoms with Gasteiger partial charge in [-0.2, -0.15) is 0 Å². The van der Waals surface area contributed by atoms with Gasteiger partial charge < -0.3 is 14.9 Å². The molecule has 1 N–H and O–H groups in total. The molecule has 0 aliphatic heterocycles. The highest BCUT2D eigenvalue weighted by Gasteiger charge is 2.15. The highest BCUT2D eigenvalue weighted by atomic mass is 35.5. The molecule has 0 aliphatic rings. The lowest BCUT2D eigenvalue weighted by molar-refractivity contribution is -0.126. The molecule has 8 heteroatoms. The van der Waals surface area contributed by atoms with Crippen LogP contribution in [0.2, 0.25) is 5.02 Å². The number of rotatable bonds is 6. The Balaban J connectivity index is 1.89. The summed E-state index contributed by atoms with van der Waals surface area (Å²) in [6, 6.07) is 10.3. The summed E-state index contributed by atoms with van der Waals surface area (Å²) < 4.78 is 17.7. The minimum absolute atomic E-state index is 0.0928. The van der Waals surface area contributed by atoms with Crippen LogP contribution in [0.1, 0.15) is 22.8 Å². The third-order valence-corrected chi connectivity index (χ3v) is 3.60. The first-order valence-electron chi connectivity index (χ1n) is 7.54. The number of anilines is 1. The summed E-state index contributed by atoms with van der Waals surface area (Å²) in [5.74, 6) is -1.47. The average Bonchev–Trinajstić information content (AvgIpc) is 2.64. The first-order chi connectivity index (χ1) is 12.4. The number of esters is 1. The molecule has 2 aromatic carbocycles. The van der Waals surface area contributed by atoms with E-state index in [0.717, 1.165) is 6.07 Å². The molecule has 136 valence electrons. The van der Waals surface area contributed by atoms with Crippen LogP contribution in [0.4, 0.5) is 10.1 Å². The van der Waals surface area contributed by atoms with Crippen LogP contribution < -0.4 is 5.32 Å². The lowest BCUT2D eigenvalue weighted by Gasteiger charge is -2.10. The Kier molecular flexibility index (Phi) is 6.68. The van der Waals surface area contributed by atoms with Gasteiger partial charge >= 0.3 is 5.97 Å². The number of nitrogens with zero attached hydrogens (tertiary/aromatic N) is 1. The van der Waals surface area contributed by atoms with E-state index in [-0.39, 0.29) is 5.02 Å². The normalized spacial score (nSPS) is 11.8. The molecule has 0 bridgehead atoms. The molecule has 0 aliphatic carbocycles. The monoisotopic (exact) mass is 378 g/mol. The molecule has 0 heterocycles. The maximum Gasteiger partial charge on any atom is 0.337 e. The molecule has 0 saturated heterocycles. The predicted molar refractivity (Wildman–Crippen MR) is 96.0 cm³/mol. The summed E-state index contributed by atoms with van der Waals surface area (Å²) in [7, 11) is 1.30. The Morgan fingerprint density at radius 2 is 1.92 bits per heavy atom. The zero-order valence-electron chi connectivity index (χ0n) is 14.0. The van der Waals surface area contributed by atoms with Gasteiger partial charge in [0.15, 0.2) is 0 Å². The van der Waals surface area contributed by atoms with Crippen molar-refractivity contribution in [3.63, 3.8) is 0 Å². The Morgan fingerprint density at radius 3 is 2.54 bits per heavy atom. The number of benzene rings is 2. The molecule has 0 spiro atoms. The van der Waals surface area contributed by atoms with Gasteiger partial charge in [-0.3, -0.25) is 4.79 Å². The van der Waals surface area contributed by atoms with Crippen LogP contribution in [0, 0.1) is 5.82 Å². The summed E-state index contributed by atoms with van der Waals surface area (Å²) in [6.07, 6.45) is 0.518. The third-order valence-electron chi connectivity index (χ3n) is 3.31. The molecule has 0 saturated carbocycles. The van der Waals surface area contributed by atoms with E-state index in [4.69, 9.17) is 16.4 Å². The second-order valence-electron chi connectivity index (χ2n) is 5.21. The van der Waals surface area contributed by atoms with Crippen molar-refractivity contribution >= 4 is 35.4 Å². The molecule has 2 rings (SSSR count). The summed E-state index contributed by atoms with van der Waals surface area (Å²) in [5, 5.41) is 6.19. The molecule has 0 radical (unpaired) electrons. The maximum absolute atomic E-state index is 13.1. The van der Waals surface area contributed by atoms with Crippen LogP contribution in [0.15, 0.2) is 47.6 Å². The Hall–Kier alpha value is -2.93. The quantitative estimate of drug-likeness (QED) is 0.473. The number of amides is 1. The third kappa shape index (κ3) is 5.29. The van der Waals surface area contributed by atoms with E-state index < -0.39 is 23.8 Å². The second-order valence-corrected chi connectivity index (χ2v) is 5.62. The number of oxime groups is 1. The number of carbonyl (C=O) groups is 2. The number of methoxy groups -OCH3 is 1. The molecular weight excluding hydrogens is 363 g/mol. The van der Waals surface area contributed by atoms with Crippen molar-refractivity contribution in [2.24, 2.45) is 5.16 Å². The van der Waals surface area contributed by atoms with Crippen molar-refractivity contribution in [3.05, 3.63) is 64.4 Å². The number of hydrogen-bond donors (Lipinski definition) is 1. The molecule has 1 unspecified atom stereocenters. The number of halogens is 2. The molecule has 0 aromatic heterocycles. The molecular formula is C18H16ClFN2O4. The van der Waals surface area contributed by atoms with Crippen molar-refractivity contribution < 1.29 is 23.6 Å². The van der Waals surface area contributed by atoms with Crippen LogP contribution in [0.25, 0.3) is 0 Å². The predicted octanol–water partition coefficient (Wildman–Crippen LogP) is 3.64. The number of hydrogen-bond acceptors (Lipinski definition) is 5. The summed E-state index contributed by atoms with van der Waals surface area (Å²) >= 11 is 5.66. The van der Waals surface area contributed by atoms with E-state index in [9.17, 15) is 14.0 Å². The molecule has 2 aromatic rings. The molecule has 1 amide bonds. The standard InChI is InChI=1S/C18H16ClFN2O4/c1-11(17(23)22-14-7-8-16(20)15(19)9-14)26-21-10-12-3-5-13(6-4-12)18(24)25-2/h3-11H,1-2H3,(H,22,23)/b21-10+. The largest absolute Gasteiger partial charge is 0.465 e. The van der Waals surface area contributed by atoms with Crippen LogP contribution in [-0.4, -0.2) is 31.3 Å². The van der Waals surface area contributed by atoms with Crippen molar-refractivity contribution in [1.29, 1.82) is 0 Å². The topological polar surface area (TPSA) is 77.0 Å². The lowest BCUT2D eigenvalue weighted by Crippen LogP contribution is -2.26. The van der Waals surface area contributed by atoms with Gasteiger partial charge in [0.05, 0.1) is 23.9 Å². The van der Waals surface area contributed by atoms with Crippen LogP contribution in [-0.2, 0) is 14.4 Å². The van der Waals surface area contributed by atoms with Gasteiger partial charge in [0, 0.05) is 5.69 Å². The smallest absolute Gasteiger partial charge is 0.337 e. The zero-order chi connectivity index (χ0) is 19.1. The minimum Gasteiger partial charge on any atom is -0.465 e. The van der Waals surface area contributed by atoms with Gasteiger partial charge in [0.1, 0.15) is 5.82 Å². The van der Waals surface area contributed by atoms with Crippen LogP contribution >= 0.6 is 11.6 Å². The first kappa shape index (κ1) is 19.4. The maximum atomic E-state index is 13.1. The fraction of sp³-hybridized carbons (Fsp3) is 0.167. The van der Waals surface area contributed by atoms with Gasteiger partial charge in [0.2, 0.25) is 6.10 Å². The molecule has 0 fully saturated rings. The molecule has 1 atom stereocenters. The van der Waals surface area contributed by atoms with E-state index in [1.807, 2.05) is 0 Å². The Labute approximate surface area is 154 Å². The van der Waals surface area contributed by atoms with Gasteiger partial charge in [-0.1, -0.05) is 28.9 Å². The van der Waals surface area contributed by atoms with Gasteiger partial charge in [-0.15, -0.1) is 0 Å². The van der Waals surface area contributed by atoms with Crippen molar-refractivity contribution in [2.45, 2.75) is 13.0 Å². The van der Waals surface area contributed by atoms with E-state index in [1.165, 1.54) is 32.4 Å². The Bertz CT molecular complexity index is 824. The highest BCUT2D eigenvalue weighted by Crippen LogP contribution is 2.19. The second kappa shape index (κ2) is 8.96. The summed E-state index contributed by atoms with van der Waals surface area (Å²) in [4.78, 5) is 28.4. The Morgan fingerprint density at radius 1 is 1.23 bits per heavy atom. The fourth-order valence-electron chi connectivity index (χ4n) is 1.87. The van der Waals surface area contributed by atoms with Crippen LogP contribution in [0.3, 0.4) is 0 Å². The zero-order valence-corrected chi connectivity index (χ0v) is 14.8. The van der Waals surface area contributed by atoms with E-state index in [2.05, 4.69) is 15.2 Å². The van der Waals surface area contributed by atoms with Crippen molar-refractivity contribution in [2.75, 3.05) is 12.4 Å². The molecule has 6 nitrogen and oxygen atoms in total. The summed E-state index contributed by atoms with van der Waals surface area (Å²) in [5.41, 5.74) is 1.44. The van der Waals surface area contributed by atoms with Crippen molar-refractivity contribution in [1.82, 2.24) is 0 Å². The van der Waals surface area contributed by atoms with Gasteiger partial charge in [0.25, 0.3) is 5.91 Å². The SMILES string of the molecule is COC(=O)c1ccc(/C=N/OC(C)C(=O)Nc2ccc(F)c(Cl)c2)cc1. The number of carbonyl (C=O) groups excluding carboxylic acids is 2. The van der Waals surface area contributed by atoms with Crippen LogP contribution in [0.5, 0.6) is 0 Å². The van der Waals surface area contributed by atoms with E-state index >= 15 is 0 Å². The minimum atomic E-state index is -0.885. The first-order valence-corrected chi connectivity index (χ1v) is 7.92. The molecule has 26 heavy (non-hydrogen) atoms. The summed E-state index contributed by atoms with van der Waals surface area (Å²) in [6.45, 7) is 1.51. The van der Waals surface area contributed by atoms with Crippen molar-refractivity contribution in [3.8, 4) is 0 Å².